The van der Waals surface area contributed by atoms with Gasteiger partial charge in [-0.15, -0.1) is 0 Å². The lowest BCUT2D eigenvalue weighted by Gasteiger charge is -2.28. The fraction of sp³-hybridized carbons (Fsp3) is 0.724. The molecule has 1 unspecified atom stereocenters. The molecule has 1 aromatic rings. The van der Waals surface area contributed by atoms with Crippen LogP contribution in [0.5, 0.6) is 0 Å². The van der Waals surface area contributed by atoms with Crippen LogP contribution in [0.15, 0.2) is 30.3 Å². The van der Waals surface area contributed by atoms with Crippen LogP contribution < -0.4 is 0 Å². The van der Waals surface area contributed by atoms with E-state index in [1.54, 1.807) is 11.1 Å². The van der Waals surface area contributed by atoms with Crippen molar-refractivity contribution in [3.63, 3.8) is 0 Å². The topological polar surface area (TPSA) is 0 Å². The maximum Gasteiger partial charge on any atom is -0.0162 e. The number of allylic oxidation sites excluding steroid dienone is 2. The molecule has 0 spiro atoms. The lowest BCUT2D eigenvalue weighted by Crippen LogP contribution is -2.12. The Balaban J connectivity index is 1.38. The van der Waals surface area contributed by atoms with Crippen LogP contribution in [-0.4, -0.2) is 0 Å². The lowest BCUT2D eigenvalue weighted by molar-refractivity contribution is 0.319. The molecular formula is C29H46. The molecule has 0 amide bonds. The van der Waals surface area contributed by atoms with Crippen molar-refractivity contribution in [2.75, 3.05) is 0 Å². The summed E-state index contributed by atoms with van der Waals surface area (Å²) in [6, 6.07) is 9.73. The van der Waals surface area contributed by atoms with E-state index < -0.39 is 0 Å². The van der Waals surface area contributed by atoms with Crippen LogP contribution in [0.4, 0.5) is 0 Å². The summed E-state index contributed by atoms with van der Waals surface area (Å²) in [5, 5.41) is 0. The summed E-state index contributed by atoms with van der Waals surface area (Å²) in [6.45, 7) is 4.66. The highest BCUT2D eigenvalue weighted by Crippen LogP contribution is 2.38. The smallest absolute Gasteiger partial charge is 0.0162 e. The lowest BCUT2D eigenvalue weighted by atomic mass is 9.77. The second-order valence-electron chi connectivity index (χ2n) is 10.0. The van der Waals surface area contributed by atoms with Crippen molar-refractivity contribution in [3.05, 3.63) is 41.5 Å². The van der Waals surface area contributed by atoms with Crippen molar-refractivity contribution < 1.29 is 0 Å². The van der Waals surface area contributed by atoms with E-state index in [9.17, 15) is 0 Å². The molecule has 0 N–H and O–H groups in total. The summed E-state index contributed by atoms with van der Waals surface area (Å²) >= 11 is 0. The molecule has 0 heteroatoms. The Morgan fingerprint density at radius 1 is 0.724 bits per heavy atom. The number of unbranched alkanes of at least 4 members (excludes halogenated alkanes) is 6. The van der Waals surface area contributed by atoms with E-state index in [-0.39, 0.29) is 0 Å². The quantitative estimate of drug-likeness (QED) is 0.328. The molecule has 162 valence electrons. The first kappa shape index (κ1) is 22.6. The monoisotopic (exact) mass is 394 g/mol. The average Bonchev–Trinajstić information content (AvgIpc) is 2.79. The summed E-state index contributed by atoms with van der Waals surface area (Å²) in [6.07, 6.45) is 25.2. The molecule has 0 aromatic heterocycles. The molecule has 3 rings (SSSR count). The van der Waals surface area contributed by atoms with Crippen molar-refractivity contribution in [1.29, 1.82) is 0 Å². The summed E-state index contributed by atoms with van der Waals surface area (Å²) < 4.78 is 0. The molecule has 1 fully saturated rings. The number of rotatable bonds is 11. The van der Waals surface area contributed by atoms with Gasteiger partial charge < -0.3 is 0 Å². The Bertz CT molecular complexity index is 585. The van der Waals surface area contributed by atoms with Gasteiger partial charge in [-0.2, -0.15) is 0 Å². The average molecular weight is 395 g/mol. The van der Waals surface area contributed by atoms with Gasteiger partial charge in [0.1, 0.15) is 0 Å². The predicted octanol–water partition coefficient (Wildman–Crippen LogP) is 9.69. The van der Waals surface area contributed by atoms with Gasteiger partial charge in [0, 0.05) is 0 Å². The highest BCUT2D eigenvalue weighted by atomic mass is 14.3. The fourth-order valence-electron chi connectivity index (χ4n) is 5.68. The second kappa shape index (κ2) is 12.6. The zero-order valence-electron chi connectivity index (χ0n) is 19.4. The van der Waals surface area contributed by atoms with Gasteiger partial charge in [-0.25, -0.2) is 0 Å². The van der Waals surface area contributed by atoms with E-state index in [1.807, 2.05) is 0 Å². The maximum absolute atomic E-state index is 2.57. The van der Waals surface area contributed by atoms with Gasteiger partial charge in [0.2, 0.25) is 0 Å². The van der Waals surface area contributed by atoms with Gasteiger partial charge in [-0.1, -0.05) is 102 Å². The van der Waals surface area contributed by atoms with Crippen molar-refractivity contribution in [2.45, 2.75) is 122 Å². The number of hydrogen-bond acceptors (Lipinski definition) is 0. The van der Waals surface area contributed by atoms with Gasteiger partial charge >= 0.3 is 0 Å². The van der Waals surface area contributed by atoms with Crippen LogP contribution in [0.1, 0.15) is 134 Å². The maximum atomic E-state index is 2.57. The highest BCUT2D eigenvalue weighted by molar-refractivity contribution is 5.66. The molecule has 2 aliphatic carbocycles. The van der Waals surface area contributed by atoms with Gasteiger partial charge in [0.15, 0.2) is 0 Å². The molecule has 1 aromatic carbocycles. The number of hydrogen-bond donors (Lipinski definition) is 0. The third-order valence-corrected chi connectivity index (χ3v) is 7.91. The standard InChI is InChI=1S/C29H46/c1-3-5-6-7-8-9-10-11-25-14-18-27(19-15-25)29-22-20-28(21-23-29)26-16-12-24(4-2)13-17-26/h18,20-26H,3-17,19H2,1-2H3. The first-order chi connectivity index (χ1) is 14.3. The van der Waals surface area contributed by atoms with Gasteiger partial charge in [-0.3, -0.25) is 0 Å². The van der Waals surface area contributed by atoms with Gasteiger partial charge in [0.25, 0.3) is 0 Å². The third-order valence-electron chi connectivity index (χ3n) is 7.91. The van der Waals surface area contributed by atoms with Crippen LogP contribution in [-0.2, 0) is 0 Å². The first-order valence-electron chi connectivity index (χ1n) is 13.1. The van der Waals surface area contributed by atoms with E-state index >= 15 is 0 Å². The first-order valence-corrected chi connectivity index (χ1v) is 13.1. The molecule has 0 nitrogen and oxygen atoms in total. The SMILES string of the molecule is CCCCCCCCCC1CC=C(c2ccc(C3CCC(CC)CC3)cc2)CC1. The third kappa shape index (κ3) is 7.30. The Kier molecular flexibility index (Phi) is 9.84. The van der Waals surface area contributed by atoms with Crippen molar-refractivity contribution in [1.82, 2.24) is 0 Å². The molecule has 2 aliphatic rings. The Morgan fingerprint density at radius 3 is 2.03 bits per heavy atom. The molecule has 1 saturated carbocycles. The second-order valence-corrected chi connectivity index (χ2v) is 10.0. The van der Waals surface area contributed by atoms with Crippen molar-refractivity contribution >= 4 is 5.57 Å². The summed E-state index contributed by atoms with van der Waals surface area (Å²) in [5.74, 6) is 2.76. The molecule has 0 radical (unpaired) electrons. The van der Waals surface area contributed by atoms with Gasteiger partial charge in [-0.05, 0) is 79.4 Å². The van der Waals surface area contributed by atoms with E-state index in [1.165, 1.54) is 108 Å². The highest BCUT2D eigenvalue weighted by Gasteiger charge is 2.21. The fourth-order valence-corrected chi connectivity index (χ4v) is 5.68. The van der Waals surface area contributed by atoms with Crippen LogP contribution in [0.2, 0.25) is 0 Å². The molecule has 1 atom stereocenters. The van der Waals surface area contributed by atoms with Crippen molar-refractivity contribution in [2.24, 2.45) is 11.8 Å². The Hall–Kier alpha value is -1.04. The minimum absolute atomic E-state index is 0.818. The zero-order chi connectivity index (χ0) is 20.3. The van der Waals surface area contributed by atoms with E-state index in [2.05, 4.69) is 44.2 Å². The molecule has 0 bridgehead atoms. The summed E-state index contributed by atoms with van der Waals surface area (Å²) in [7, 11) is 0. The van der Waals surface area contributed by atoms with Crippen LogP contribution in [0.3, 0.4) is 0 Å². The molecule has 0 aliphatic heterocycles. The minimum atomic E-state index is 0.818. The Morgan fingerprint density at radius 2 is 1.41 bits per heavy atom. The van der Waals surface area contributed by atoms with Crippen LogP contribution >= 0.6 is 0 Å². The molecule has 0 saturated heterocycles. The summed E-state index contributed by atoms with van der Waals surface area (Å²) in [4.78, 5) is 0. The minimum Gasteiger partial charge on any atom is -0.0804 e. The molecule has 29 heavy (non-hydrogen) atoms. The van der Waals surface area contributed by atoms with Crippen LogP contribution in [0, 0.1) is 11.8 Å². The predicted molar refractivity (Wildman–Crippen MR) is 129 cm³/mol. The summed E-state index contributed by atoms with van der Waals surface area (Å²) in [5.41, 5.74) is 4.70. The normalized spacial score (nSPS) is 25.0. The largest absolute Gasteiger partial charge is 0.0804 e. The number of benzene rings is 1. The molecule has 0 heterocycles. The van der Waals surface area contributed by atoms with E-state index in [0.717, 1.165) is 17.8 Å². The van der Waals surface area contributed by atoms with Crippen LogP contribution in [0.25, 0.3) is 5.57 Å². The molecular weight excluding hydrogens is 348 g/mol. The van der Waals surface area contributed by atoms with E-state index in [4.69, 9.17) is 0 Å². The van der Waals surface area contributed by atoms with E-state index in [0.29, 0.717) is 0 Å². The van der Waals surface area contributed by atoms with Crippen molar-refractivity contribution in [3.8, 4) is 0 Å². The van der Waals surface area contributed by atoms with Gasteiger partial charge in [0.05, 0.1) is 0 Å². The Labute approximate surface area is 181 Å². The zero-order valence-corrected chi connectivity index (χ0v) is 19.4.